The van der Waals surface area contributed by atoms with Crippen molar-refractivity contribution >= 4 is 0 Å². The summed E-state index contributed by atoms with van der Waals surface area (Å²) in [4.78, 5) is 0. The highest BCUT2D eigenvalue weighted by Gasteiger charge is 2.24. The van der Waals surface area contributed by atoms with Crippen molar-refractivity contribution in [1.29, 1.82) is 0 Å². The molecule has 0 amide bonds. The maximum absolute atomic E-state index is 13.1. The van der Waals surface area contributed by atoms with Crippen molar-refractivity contribution in [2.24, 2.45) is 0 Å². The molecular formula is C15H18FN. The molecule has 90 valence electrons. The fraction of sp³-hybridized carbons (Fsp3) is 0.467. The monoisotopic (exact) mass is 231 g/mol. The summed E-state index contributed by atoms with van der Waals surface area (Å²) in [7, 11) is 0. The fourth-order valence-corrected chi connectivity index (χ4v) is 2.51. The first-order valence-electron chi connectivity index (χ1n) is 6.25. The van der Waals surface area contributed by atoms with Crippen molar-refractivity contribution < 1.29 is 4.39 Å². The van der Waals surface area contributed by atoms with Gasteiger partial charge in [-0.3, -0.25) is 5.32 Å². The minimum atomic E-state index is -0.147. The summed E-state index contributed by atoms with van der Waals surface area (Å²) < 4.78 is 13.1. The van der Waals surface area contributed by atoms with Gasteiger partial charge >= 0.3 is 0 Å². The highest BCUT2D eigenvalue weighted by atomic mass is 19.1. The molecule has 2 unspecified atom stereocenters. The lowest BCUT2D eigenvalue weighted by Crippen LogP contribution is -2.30. The van der Waals surface area contributed by atoms with Gasteiger partial charge in [-0.15, -0.1) is 6.42 Å². The van der Waals surface area contributed by atoms with Crippen molar-refractivity contribution in [3.63, 3.8) is 0 Å². The Labute approximate surface area is 102 Å². The molecule has 2 rings (SSSR count). The molecule has 0 aliphatic heterocycles. The topological polar surface area (TPSA) is 12.0 Å². The second kappa shape index (κ2) is 5.33. The predicted molar refractivity (Wildman–Crippen MR) is 68.1 cm³/mol. The maximum Gasteiger partial charge on any atom is 0.123 e. The summed E-state index contributed by atoms with van der Waals surface area (Å²) >= 11 is 0. The zero-order valence-corrected chi connectivity index (χ0v) is 10.2. The average molecular weight is 231 g/mol. The third-order valence-electron chi connectivity index (χ3n) is 3.36. The Morgan fingerprint density at radius 3 is 3.12 bits per heavy atom. The van der Waals surface area contributed by atoms with Crippen LogP contribution in [0, 0.1) is 18.2 Å². The SMILES string of the molecule is C#CC(CCC)NC1CCc2cc(F)ccc21. The van der Waals surface area contributed by atoms with Gasteiger partial charge in [0.2, 0.25) is 0 Å². The van der Waals surface area contributed by atoms with Crippen LogP contribution in [-0.2, 0) is 6.42 Å². The fourth-order valence-electron chi connectivity index (χ4n) is 2.51. The van der Waals surface area contributed by atoms with Gasteiger partial charge in [0.25, 0.3) is 0 Å². The highest BCUT2D eigenvalue weighted by molar-refractivity contribution is 5.35. The molecule has 0 radical (unpaired) electrons. The Hall–Kier alpha value is -1.33. The lowest BCUT2D eigenvalue weighted by atomic mass is 10.1. The number of rotatable bonds is 4. The molecule has 0 saturated carbocycles. The third kappa shape index (κ3) is 2.68. The smallest absolute Gasteiger partial charge is 0.123 e. The molecule has 1 aliphatic rings. The average Bonchev–Trinajstić information content (AvgIpc) is 2.71. The maximum atomic E-state index is 13.1. The third-order valence-corrected chi connectivity index (χ3v) is 3.36. The van der Waals surface area contributed by atoms with Crippen LogP contribution in [0.3, 0.4) is 0 Å². The molecule has 1 nitrogen and oxygen atoms in total. The van der Waals surface area contributed by atoms with E-state index < -0.39 is 0 Å². The summed E-state index contributed by atoms with van der Waals surface area (Å²) in [6.07, 6.45) is 9.53. The van der Waals surface area contributed by atoms with Gasteiger partial charge in [-0.25, -0.2) is 4.39 Å². The van der Waals surface area contributed by atoms with Crippen LogP contribution < -0.4 is 5.32 Å². The zero-order valence-electron chi connectivity index (χ0n) is 10.2. The van der Waals surface area contributed by atoms with E-state index in [1.165, 1.54) is 11.6 Å². The highest BCUT2D eigenvalue weighted by Crippen LogP contribution is 2.31. The minimum Gasteiger partial charge on any atom is -0.297 e. The lowest BCUT2D eigenvalue weighted by molar-refractivity contribution is 0.468. The van der Waals surface area contributed by atoms with Crippen LogP contribution in [0.4, 0.5) is 4.39 Å². The van der Waals surface area contributed by atoms with Gasteiger partial charge in [-0.1, -0.05) is 25.3 Å². The van der Waals surface area contributed by atoms with Crippen molar-refractivity contribution in [3.05, 3.63) is 35.1 Å². The molecule has 1 aliphatic carbocycles. The largest absolute Gasteiger partial charge is 0.297 e. The normalized spacial score (nSPS) is 19.7. The molecule has 0 spiro atoms. The van der Waals surface area contributed by atoms with E-state index in [1.807, 2.05) is 6.07 Å². The van der Waals surface area contributed by atoms with Crippen molar-refractivity contribution in [1.82, 2.24) is 5.32 Å². The Bertz CT molecular complexity index is 433. The number of terminal acetylenes is 1. The van der Waals surface area contributed by atoms with Crippen molar-refractivity contribution in [2.45, 2.75) is 44.7 Å². The van der Waals surface area contributed by atoms with Gasteiger partial charge in [0.1, 0.15) is 5.82 Å². The summed E-state index contributed by atoms with van der Waals surface area (Å²) in [6, 6.07) is 5.47. The number of halogens is 1. The summed E-state index contributed by atoms with van der Waals surface area (Å²) in [5.41, 5.74) is 2.33. The van der Waals surface area contributed by atoms with Crippen LogP contribution >= 0.6 is 0 Å². The van der Waals surface area contributed by atoms with E-state index in [-0.39, 0.29) is 17.9 Å². The van der Waals surface area contributed by atoms with Crippen molar-refractivity contribution in [3.8, 4) is 12.3 Å². The zero-order chi connectivity index (χ0) is 12.3. The molecule has 1 aromatic rings. The molecule has 0 heterocycles. The molecule has 0 aromatic heterocycles. The molecule has 0 bridgehead atoms. The second-order valence-corrected chi connectivity index (χ2v) is 4.61. The number of hydrogen-bond donors (Lipinski definition) is 1. The first-order chi connectivity index (χ1) is 8.24. The summed E-state index contributed by atoms with van der Waals surface area (Å²) in [5.74, 6) is 2.64. The molecule has 1 aromatic carbocycles. The Kier molecular flexibility index (Phi) is 3.81. The van der Waals surface area contributed by atoms with Gasteiger partial charge in [0.05, 0.1) is 6.04 Å². The molecular weight excluding hydrogens is 213 g/mol. The van der Waals surface area contributed by atoms with Crippen molar-refractivity contribution in [2.75, 3.05) is 0 Å². The van der Waals surface area contributed by atoms with Crippen LogP contribution in [0.1, 0.15) is 43.4 Å². The van der Waals surface area contributed by atoms with E-state index in [2.05, 4.69) is 18.2 Å². The number of hydrogen-bond acceptors (Lipinski definition) is 1. The molecule has 2 atom stereocenters. The standard InChI is InChI=1S/C15H18FN/c1-3-5-13(4-2)17-15-9-6-11-10-12(16)7-8-14(11)15/h2,7-8,10,13,15,17H,3,5-6,9H2,1H3. The van der Waals surface area contributed by atoms with Crippen LogP contribution in [-0.4, -0.2) is 6.04 Å². The molecule has 0 saturated heterocycles. The first kappa shape index (κ1) is 12.1. The van der Waals surface area contributed by atoms with Crippen LogP contribution in [0.5, 0.6) is 0 Å². The second-order valence-electron chi connectivity index (χ2n) is 4.61. The molecule has 17 heavy (non-hydrogen) atoms. The Morgan fingerprint density at radius 1 is 1.59 bits per heavy atom. The van der Waals surface area contributed by atoms with Gasteiger partial charge in [-0.2, -0.15) is 0 Å². The van der Waals surface area contributed by atoms with Crippen LogP contribution in [0.15, 0.2) is 18.2 Å². The summed E-state index contributed by atoms with van der Waals surface area (Å²) in [6.45, 7) is 2.13. The van der Waals surface area contributed by atoms with E-state index in [0.29, 0.717) is 0 Å². The van der Waals surface area contributed by atoms with E-state index in [9.17, 15) is 4.39 Å². The Balaban J connectivity index is 2.09. The lowest BCUT2D eigenvalue weighted by Gasteiger charge is -2.19. The van der Waals surface area contributed by atoms with E-state index in [4.69, 9.17) is 6.42 Å². The van der Waals surface area contributed by atoms with E-state index in [1.54, 1.807) is 6.07 Å². The van der Waals surface area contributed by atoms with E-state index in [0.717, 1.165) is 31.2 Å². The molecule has 1 N–H and O–H groups in total. The van der Waals surface area contributed by atoms with Gasteiger partial charge in [0.15, 0.2) is 0 Å². The van der Waals surface area contributed by atoms with Crippen LogP contribution in [0.2, 0.25) is 0 Å². The van der Waals surface area contributed by atoms with Gasteiger partial charge in [-0.05, 0) is 42.5 Å². The first-order valence-corrected chi connectivity index (χ1v) is 6.25. The van der Waals surface area contributed by atoms with E-state index >= 15 is 0 Å². The quantitative estimate of drug-likeness (QED) is 0.785. The number of benzene rings is 1. The molecule has 2 heteroatoms. The number of fused-ring (bicyclic) bond motifs is 1. The van der Waals surface area contributed by atoms with Crippen LogP contribution in [0.25, 0.3) is 0 Å². The molecule has 0 fully saturated rings. The Morgan fingerprint density at radius 2 is 2.41 bits per heavy atom. The van der Waals surface area contributed by atoms with Gasteiger partial charge < -0.3 is 0 Å². The van der Waals surface area contributed by atoms with Gasteiger partial charge in [0, 0.05) is 6.04 Å². The minimum absolute atomic E-state index is 0.126. The summed E-state index contributed by atoms with van der Waals surface area (Å²) in [5, 5.41) is 3.48. The number of nitrogens with one attached hydrogen (secondary N) is 1. The number of aryl methyl sites for hydroxylation is 1. The predicted octanol–water partition coefficient (Wildman–Crippen LogP) is 3.20.